The summed E-state index contributed by atoms with van der Waals surface area (Å²) in [5.41, 5.74) is 1.98. The van der Waals surface area contributed by atoms with Gasteiger partial charge in [-0.2, -0.15) is 0 Å². The van der Waals surface area contributed by atoms with Gasteiger partial charge in [0.25, 0.3) is 5.91 Å². The van der Waals surface area contributed by atoms with Gasteiger partial charge < -0.3 is 10.2 Å². The molecular weight excluding hydrogens is 344 g/mol. The van der Waals surface area contributed by atoms with Crippen LogP contribution in [0.4, 0.5) is 11.4 Å². The van der Waals surface area contributed by atoms with Crippen molar-refractivity contribution in [2.45, 2.75) is 12.8 Å². The first-order valence-electron chi connectivity index (χ1n) is 7.11. The van der Waals surface area contributed by atoms with Crippen LogP contribution in [0.2, 0.25) is 0 Å². The topological polar surface area (TPSA) is 49.4 Å². The summed E-state index contributed by atoms with van der Waals surface area (Å²) >= 11 is 3.36. The minimum atomic E-state index is -0.194. The van der Waals surface area contributed by atoms with Crippen molar-refractivity contribution in [3.05, 3.63) is 58.6 Å². The summed E-state index contributed by atoms with van der Waals surface area (Å²) in [4.78, 5) is 26.0. The molecule has 0 aromatic heterocycles. The van der Waals surface area contributed by atoms with E-state index in [-0.39, 0.29) is 11.8 Å². The van der Waals surface area contributed by atoms with Crippen molar-refractivity contribution in [3.8, 4) is 0 Å². The molecule has 2 aromatic carbocycles. The standard InChI is InChI=1S/C17H15BrN2O2/c18-13-6-3-5-12(11-13)17(22)19-14-7-1-2-8-15(14)20-10-4-9-16(20)21/h1-3,5-8,11H,4,9-10H2,(H,19,22). The molecule has 1 aliphatic rings. The molecule has 0 aliphatic carbocycles. The number of rotatable bonds is 3. The summed E-state index contributed by atoms with van der Waals surface area (Å²) in [5, 5.41) is 2.90. The fourth-order valence-corrected chi connectivity index (χ4v) is 2.94. The van der Waals surface area contributed by atoms with Gasteiger partial charge >= 0.3 is 0 Å². The Balaban J connectivity index is 1.86. The SMILES string of the molecule is O=C(Nc1ccccc1N1CCCC1=O)c1cccc(Br)c1. The molecule has 1 saturated heterocycles. The zero-order valence-electron chi connectivity index (χ0n) is 11.9. The van der Waals surface area contributed by atoms with Crippen LogP contribution in [-0.4, -0.2) is 18.4 Å². The van der Waals surface area contributed by atoms with E-state index in [1.54, 1.807) is 17.0 Å². The number of hydrogen-bond acceptors (Lipinski definition) is 2. The summed E-state index contributed by atoms with van der Waals surface area (Å²) in [6.07, 6.45) is 1.42. The van der Waals surface area contributed by atoms with E-state index in [4.69, 9.17) is 0 Å². The molecule has 112 valence electrons. The second-order valence-electron chi connectivity index (χ2n) is 5.13. The molecule has 22 heavy (non-hydrogen) atoms. The molecule has 0 radical (unpaired) electrons. The van der Waals surface area contributed by atoms with E-state index in [2.05, 4.69) is 21.2 Å². The molecule has 1 aliphatic heterocycles. The Morgan fingerprint density at radius 2 is 1.95 bits per heavy atom. The molecular formula is C17H15BrN2O2. The van der Waals surface area contributed by atoms with Crippen molar-refractivity contribution in [1.82, 2.24) is 0 Å². The second kappa shape index (κ2) is 6.32. The quantitative estimate of drug-likeness (QED) is 0.906. The lowest BCUT2D eigenvalue weighted by molar-refractivity contribution is -0.117. The fourth-order valence-electron chi connectivity index (χ4n) is 2.54. The lowest BCUT2D eigenvalue weighted by atomic mass is 10.2. The number of anilines is 2. The van der Waals surface area contributed by atoms with Crippen LogP contribution in [0.3, 0.4) is 0 Å². The number of carbonyl (C=O) groups is 2. The summed E-state index contributed by atoms with van der Waals surface area (Å²) in [5.74, 6) is -0.0930. The van der Waals surface area contributed by atoms with Crippen molar-refractivity contribution >= 4 is 39.1 Å². The molecule has 1 heterocycles. The zero-order chi connectivity index (χ0) is 15.5. The van der Waals surface area contributed by atoms with Crippen LogP contribution in [0.1, 0.15) is 23.2 Å². The molecule has 4 nitrogen and oxygen atoms in total. The number of nitrogens with one attached hydrogen (secondary N) is 1. The van der Waals surface area contributed by atoms with Gasteiger partial charge in [-0.25, -0.2) is 0 Å². The molecule has 1 fully saturated rings. The number of carbonyl (C=O) groups excluding carboxylic acids is 2. The maximum Gasteiger partial charge on any atom is 0.255 e. The van der Waals surface area contributed by atoms with Gasteiger partial charge in [-0.05, 0) is 36.8 Å². The molecule has 5 heteroatoms. The molecule has 1 N–H and O–H groups in total. The van der Waals surface area contributed by atoms with Gasteiger partial charge in [0.1, 0.15) is 0 Å². The Bertz CT molecular complexity index is 730. The largest absolute Gasteiger partial charge is 0.320 e. The van der Waals surface area contributed by atoms with E-state index >= 15 is 0 Å². The summed E-state index contributed by atoms with van der Waals surface area (Å²) in [6, 6.07) is 14.6. The molecule has 0 spiro atoms. The number of nitrogens with zero attached hydrogens (tertiary/aromatic N) is 1. The summed E-state index contributed by atoms with van der Waals surface area (Å²) in [6.45, 7) is 0.697. The predicted octanol–water partition coefficient (Wildman–Crippen LogP) is 3.83. The fraction of sp³-hybridized carbons (Fsp3) is 0.176. The first kappa shape index (κ1) is 14.8. The highest BCUT2D eigenvalue weighted by atomic mass is 79.9. The normalized spacial score (nSPS) is 14.2. The highest BCUT2D eigenvalue weighted by Gasteiger charge is 2.24. The molecule has 0 saturated carbocycles. The molecule has 2 aromatic rings. The molecule has 3 rings (SSSR count). The number of halogens is 1. The average molecular weight is 359 g/mol. The van der Waals surface area contributed by atoms with Gasteiger partial charge in [-0.3, -0.25) is 9.59 Å². The van der Waals surface area contributed by atoms with Crippen LogP contribution in [0.25, 0.3) is 0 Å². The monoisotopic (exact) mass is 358 g/mol. The van der Waals surface area contributed by atoms with Gasteiger partial charge in [-0.15, -0.1) is 0 Å². The third kappa shape index (κ3) is 3.04. The zero-order valence-corrected chi connectivity index (χ0v) is 13.5. The van der Waals surface area contributed by atoms with Gasteiger partial charge in [0.15, 0.2) is 0 Å². The lowest BCUT2D eigenvalue weighted by Crippen LogP contribution is -2.25. The van der Waals surface area contributed by atoms with Gasteiger partial charge in [-0.1, -0.05) is 34.1 Å². The summed E-state index contributed by atoms with van der Waals surface area (Å²) in [7, 11) is 0. The van der Waals surface area contributed by atoms with Crippen LogP contribution in [0.15, 0.2) is 53.0 Å². The van der Waals surface area contributed by atoms with E-state index in [1.165, 1.54) is 0 Å². The number of hydrogen-bond donors (Lipinski definition) is 1. The van der Waals surface area contributed by atoms with Crippen LogP contribution in [0, 0.1) is 0 Å². The van der Waals surface area contributed by atoms with Crippen molar-refractivity contribution in [2.24, 2.45) is 0 Å². The van der Waals surface area contributed by atoms with Gasteiger partial charge in [0.2, 0.25) is 5.91 Å². The van der Waals surface area contributed by atoms with Gasteiger partial charge in [0, 0.05) is 23.0 Å². The maximum absolute atomic E-state index is 12.4. The Hall–Kier alpha value is -2.14. The van der Waals surface area contributed by atoms with Crippen molar-refractivity contribution in [2.75, 3.05) is 16.8 Å². The minimum Gasteiger partial charge on any atom is -0.320 e. The smallest absolute Gasteiger partial charge is 0.255 e. The Morgan fingerprint density at radius 1 is 1.14 bits per heavy atom. The van der Waals surface area contributed by atoms with Crippen LogP contribution in [0.5, 0.6) is 0 Å². The highest BCUT2D eigenvalue weighted by molar-refractivity contribution is 9.10. The van der Waals surface area contributed by atoms with E-state index in [0.29, 0.717) is 24.2 Å². The Kier molecular flexibility index (Phi) is 4.24. The number of para-hydroxylation sites is 2. The van der Waals surface area contributed by atoms with Crippen molar-refractivity contribution in [1.29, 1.82) is 0 Å². The van der Waals surface area contributed by atoms with E-state index in [0.717, 1.165) is 16.6 Å². The van der Waals surface area contributed by atoms with Crippen molar-refractivity contribution < 1.29 is 9.59 Å². The van der Waals surface area contributed by atoms with Crippen LogP contribution < -0.4 is 10.2 Å². The number of amides is 2. The Morgan fingerprint density at radius 3 is 2.68 bits per heavy atom. The van der Waals surface area contributed by atoms with Gasteiger partial charge in [0.05, 0.1) is 11.4 Å². The third-order valence-corrected chi connectivity index (χ3v) is 4.10. The van der Waals surface area contributed by atoms with E-state index in [1.807, 2.05) is 36.4 Å². The third-order valence-electron chi connectivity index (χ3n) is 3.60. The van der Waals surface area contributed by atoms with Crippen LogP contribution in [-0.2, 0) is 4.79 Å². The lowest BCUT2D eigenvalue weighted by Gasteiger charge is -2.20. The summed E-state index contributed by atoms with van der Waals surface area (Å²) < 4.78 is 0.850. The van der Waals surface area contributed by atoms with Crippen LogP contribution >= 0.6 is 15.9 Å². The Labute approximate surface area is 137 Å². The van der Waals surface area contributed by atoms with E-state index in [9.17, 15) is 9.59 Å². The number of benzene rings is 2. The minimum absolute atomic E-state index is 0.101. The predicted molar refractivity (Wildman–Crippen MR) is 90.1 cm³/mol. The van der Waals surface area contributed by atoms with E-state index < -0.39 is 0 Å². The molecule has 2 amide bonds. The molecule has 0 bridgehead atoms. The maximum atomic E-state index is 12.4. The average Bonchev–Trinajstić information content (AvgIpc) is 2.94. The first-order chi connectivity index (χ1) is 10.6. The first-order valence-corrected chi connectivity index (χ1v) is 7.91. The van der Waals surface area contributed by atoms with Crippen molar-refractivity contribution in [3.63, 3.8) is 0 Å². The second-order valence-corrected chi connectivity index (χ2v) is 6.05. The highest BCUT2D eigenvalue weighted by Crippen LogP contribution is 2.29. The molecule has 0 unspecified atom stereocenters. The molecule has 0 atom stereocenters.